The van der Waals surface area contributed by atoms with Gasteiger partial charge in [0.1, 0.15) is 6.04 Å². The van der Waals surface area contributed by atoms with Crippen LogP contribution < -0.4 is 10.2 Å². The van der Waals surface area contributed by atoms with Crippen molar-refractivity contribution in [2.75, 3.05) is 11.4 Å². The number of anilines is 1. The molecular formula is C21H24N2O2. The Morgan fingerprint density at radius 3 is 2.32 bits per heavy atom. The van der Waals surface area contributed by atoms with Crippen LogP contribution >= 0.6 is 0 Å². The van der Waals surface area contributed by atoms with E-state index in [2.05, 4.69) is 11.4 Å². The van der Waals surface area contributed by atoms with E-state index in [0.29, 0.717) is 18.5 Å². The summed E-state index contributed by atoms with van der Waals surface area (Å²) in [6.07, 6.45) is 0.627. The number of amides is 2. The quantitative estimate of drug-likeness (QED) is 0.933. The Bertz CT molecular complexity index is 822. The molecule has 1 atom stereocenters. The predicted molar refractivity (Wildman–Crippen MR) is 100 cm³/mol. The SMILES string of the molecule is Cc1cc(C)cc(N2CC[C@@H](NC(=O)c3ccc(C)cc3C)C2=O)c1. The van der Waals surface area contributed by atoms with Gasteiger partial charge in [0.15, 0.2) is 0 Å². The molecular weight excluding hydrogens is 312 g/mol. The molecule has 1 fully saturated rings. The Morgan fingerprint density at radius 2 is 1.68 bits per heavy atom. The van der Waals surface area contributed by atoms with Crippen LogP contribution in [-0.2, 0) is 4.79 Å². The first-order valence-corrected chi connectivity index (χ1v) is 8.63. The fourth-order valence-electron chi connectivity index (χ4n) is 3.48. The number of benzene rings is 2. The van der Waals surface area contributed by atoms with Crippen LogP contribution in [0, 0.1) is 27.7 Å². The smallest absolute Gasteiger partial charge is 0.252 e. The van der Waals surface area contributed by atoms with Crippen molar-refractivity contribution >= 4 is 17.5 Å². The maximum atomic E-state index is 12.7. The van der Waals surface area contributed by atoms with Gasteiger partial charge in [0.05, 0.1) is 0 Å². The van der Waals surface area contributed by atoms with Crippen LogP contribution in [-0.4, -0.2) is 24.4 Å². The zero-order valence-electron chi connectivity index (χ0n) is 15.2. The topological polar surface area (TPSA) is 49.4 Å². The van der Waals surface area contributed by atoms with Crippen molar-refractivity contribution in [3.05, 3.63) is 64.2 Å². The molecule has 0 aliphatic carbocycles. The highest BCUT2D eigenvalue weighted by Gasteiger charge is 2.34. The van der Waals surface area contributed by atoms with Crippen LogP contribution in [0.1, 0.15) is 39.0 Å². The summed E-state index contributed by atoms with van der Waals surface area (Å²) in [6.45, 7) is 8.59. The van der Waals surface area contributed by atoms with Crippen LogP contribution in [0.2, 0.25) is 0 Å². The third kappa shape index (κ3) is 3.58. The van der Waals surface area contributed by atoms with Gasteiger partial charge in [0.2, 0.25) is 5.91 Å². The maximum Gasteiger partial charge on any atom is 0.252 e. The van der Waals surface area contributed by atoms with Crippen molar-refractivity contribution in [1.29, 1.82) is 0 Å². The Morgan fingerprint density at radius 1 is 1.00 bits per heavy atom. The van der Waals surface area contributed by atoms with E-state index >= 15 is 0 Å². The molecule has 130 valence electrons. The first-order valence-electron chi connectivity index (χ1n) is 8.63. The zero-order chi connectivity index (χ0) is 18.1. The van der Waals surface area contributed by atoms with E-state index in [9.17, 15) is 9.59 Å². The molecule has 4 heteroatoms. The maximum absolute atomic E-state index is 12.7. The van der Waals surface area contributed by atoms with E-state index in [1.807, 2.05) is 58.0 Å². The Balaban J connectivity index is 1.74. The van der Waals surface area contributed by atoms with Crippen LogP contribution in [0.3, 0.4) is 0 Å². The molecule has 1 heterocycles. The molecule has 2 aromatic rings. The fourth-order valence-corrected chi connectivity index (χ4v) is 3.48. The largest absolute Gasteiger partial charge is 0.340 e. The summed E-state index contributed by atoms with van der Waals surface area (Å²) in [4.78, 5) is 27.1. The van der Waals surface area contributed by atoms with E-state index in [-0.39, 0.29) is 11.8 Å². The number of rotatable bonds is 3. The van der Waals surface area contributed by atoms with Crippen molar-refractivity contribution in [2.45, 2.75) is 40.2 Å². The number of carbonyl (C=O) groups is 2. The highest BCUT2D eigenvalue weighted by Crippen LogP contribution is 2.24. The van der Waals surface area contributed by atoms with Crippen LogP contribution in [0.5, 0.6) is 0 Å². The lowest BCUT2D eigenvalue weighted by atomic mass is 10.0. The predicted octanol–water partition coefficient (Wildman–Crippen LogP) is 3.46. The van der Waals surface area contributed by atoms with E-state index in [0.717, 1.165) is 27.9 Å². The number of aryl methyl sites for hydroxylation is 4. The number of hydrogen-bond donors (Lipinski definition) is 1. The average molecular weight is 336 g/mol. The third-order valence-corrected chi connectivity index (χ3v) is 4.66. The first-order chi connectivity index (χ1) is 11.8. The van der Waals surface area contributed by atoms with Gasteiger partial charge in [-0.3, -0.25) is 9.59 Å². The molecule has 1 saturated heterocycles. The van der Waals surface area contributed by atoms with Crippen LogP contribution in [0.4, 0.5) is 5.69 Å². The Labute approximate surface area is 148 Å². The second kappa shape index (κ2) is 6.71. The van der Waals surface area contributed by atoms with E-state index < -0.39 is 6.04 Å². The Hall–Kier alpha value is -2.62. The zero-order valence-corrected chi connectivity index (χ0v) is 15.2. The fraction of sp³-hybridized carbons (Fsp3) is 0.333. The number of nitrogens with zero attached hydrogens (tertiary/aromatic N) is 1. The van der Waals surface area contributed by atoms with Gasteiger partial charge in [-0.05, 0) is 69.0 Å². The van der Waals surface area contributed by atoms with Gasteiger partial charge < -0.3 is 10.2 Å². The first kappa shape index (κ1) is 17.2. The standard InChI is InChI=1S/C21H24N2O2/c1-13-5-6-18(16(4)10-13)20(24)22-19-7-8-23(21(19)25)17-11-14(2)9-15(3)12-17/h5-6,9-12,19H,7-8H2,1-4H3,(H,22,24)/t19-/m1/s1. The minimum absolute atomic E-state index is 0.0388. The molecule has 3 rings (SSSR count). The molecule has 0 spiro atoms. The van der Waals surface area contributed by atoms with Gasteiger partial charge in [0, 0.05) is 17.8 Å². The summed E-state index contributed by atoms with van der Waals surface area (Å²) in [6, 6.07) is 11.4. The van der Waals surface area contributed by atoms with Crippen molar-refractivity contribution < 1.29 is 9.59 Å². The normalized spacial score (nSPS) is 17.0. The van der Waals surface area contributed by atoms with Crippen LogP contribution in [0.25, 0.3) is 0 Å². The van der Waals surface area contributed by atoms with Crippen molar-refractivity contribution in [1.82, 2.24) is 5.32 Å². The molecule has 0 saturated carbocycles. The molecule has 2 amide bonds. The summed E-state index contributed by atoms with van der Waals surface area (Å²) < 4.78 is 0. The van der Waals surface area contributed by atoms with Crippen molar-refractivity contribution in [2.24, 2.45) is 0 Å². The molecule has 25 heavy (non-hydrogen) atoms. The van der Waals surface area contributed by atoms with Crippen LogP contribution in [0.15, 0.2) is 36.4 Å². The van der Waals surface area contributed by atoms with Crippen molar-refractivity contribution in [3.63, 3.8) is 0 Å². The summed E-state index contributed by atoms with van der Waals surface area (Å²) in [5, 5.41) is 2.90. The molecule has 0 unspecified atom stereocenters. The molecule has 0 aromatic heterocycles. The van der Waals surface area contributed by atoms with E-state index in [1.54, 1.807) is 4.90 Å². The molecule has 1 aliphatic rings. The van der Waals surface area contributed by atoms with E-state index in [4.69, 9.17) is 0 Å². The average Bonchev–Trinajstić information content (AvgIpc) is 2.87. The highest BCUT2D eigenvalue weighted by atomic mass is 16.2. The van der Waals surface area contributed by atoms with Gasteiger partial charge in [0.25, 0.3) is 5.91 Å². The van der Waals surface area contributed by atoms with Gasteiger partial charge in [-0.2, -0.15) is 0 Å². The monoisotopic (exact) mass is 336 g/mol. The molecule has 4 nitrogen and oxygen atoms in total. The number of carbonyl (C=O) groups excluding carboxylic acids is 2. The summed E-state index contributed by atoms with van der Waals surface area (Å²) in [7, 11) is 0. The minimum atomic E-state index is -0.464. The molecule has 0 bridgehead atoms. The Kier molecular flexibility index (Phi) is 4.62. The van der Waals surface area contributed by atoms with Gasteiger partial charge in [-0.25, -0.2) is 0 Å². The minimum Gasteiger partial charge on any atom is -0.340 e. The van der Waals surface area contributed by atoms with Crippen molar-refractivity contribution in [3.8, 4) is 0 Å². The third-order valence-electron chi connectivity index (χ3n) is 4.66. The number of nitrogens with one attached hydrogen (secondary N) is 1. The lowest BCUT2D eigenvalue weighted by Crippen LogP contribution is -2.41. The lowest BCUT2D eigenvalue weighted by molar-refractivity contribution is -0.118. The summed E-state index contributed by atoms with van der Waals surface area (Å²) >= 11 is 0. The van der Waals surface area contributed by atoms with Gasteiger partial charge in [-0.1, -0.05) is 23.8 Å². The molecule has 0 radical (unpaired) electrons. The second-order valence-electron chi connectivity index (χ2n) is 6.97. The number of hydrogen-bond acceptors (Lipinski definition) is 2. The molecule has 2 aromatic carbocycles. The highest BCUT2D eigenvalue weighted by molar-refractivity contribution is 6.04. The van der Waals surface area contributed by atoms with Gasteiger partial charge in [-0.15, -0.1) is 0 Å². The van der Waals surface area contributed by atoms with Gasteiger partial charge >= 0.3 is 0 Å². The molecule has 1 N–H and O–H groups in total. The summed E-state index contributed by atoms with van der Waals surface area (Å²) in [5.41, 5.74) is 5.84. The molecule has 1 aliphatic heterocycles. The van der Waals surface area contributed by atoms with E-state index in [1.165, 1.54) is 0 Å². The second-order valence-corrected chi connectivity index (χ2v) is 6.97. The lowest BCUT2D eigenvalue weighted by Gasteiger charge is -2.19. The summed E-state index contributed by atoms with van der Waals surface area (Å²) in [5.74, 6) is -0.221.